The Kier molecular flexibility index (Phi) is 5.59. The van der Waals surface area contributed by atoms with Crippen molar-refractivity contribution in [3.8, 4) is 5.69 Å². The molecule has 0 aliphatic heterocycles. The van der Waals surface area contributed by atoms with Gasteiger partial charge in [-0.3, -0.25) is 14.9 Å². The number of carbonyl (C=O) groups excluding carboxylic acids is 1. The van der Waals surface area contributed by atoms with Crippen LogP contribution in [-0.2, 0) is 11.2 Å². The summed E-state index contributed by atoms with van der Waals surface area (Å²) in [5.41, 5.74) is 6.64. The maximum atomic E-state index is 12.0. The second-order valence-electron chi connectivity index (χ2n) is 6.23. The van der Waals surface area contributed by atoms with E-state index in [-0.39, 0.29) is 18.0 Å². The predicted molar refractivity (Wildman–Crippen MR) is 106 cm³/mol. The monoisotopic (exact) mass is 377 g/mol. The van der Waals surface area contributed by atoms with Crippen molar-refractivity contribution < 1.29 is 9.72 Å². The number of hydrogen-bond acceptors (Lipinski definition) is 5. The fraction of sp³-hybridized carbons (Fsp3) is 0.150. The molecule has 8 nitrogen and oxygen atoms in total. The molecule has 0 bridgehead atoms. The predicted octanol–water partition coefficient (Wildman–Crippen LogP) is 3.09. The number of rotatable bonds is 6. The van der Waals surface area contributed by atoms with Crippen LogP contribution >= 0.6 is 0 Å². The van der Waals surface area contributed by atoms with Crippen LogP contribution in [0.25, 0.3) is 5.69 Å². The highest BCUT2D eigenvalue weighted by molar-refractivity contribution is 5.85. The number of nitrogens with zero attached hydrogens (tertiary/aromatic N) is 4. The second-order valence-corrected chi connectivity index (χ2v) is 6.23. The molecule has 1 amide bonds. The van der Waals surface area contributed by atoms with Crippen molar-refractivity contribution in [3.05, 3.63) is 87.2 Å². The van der Waals surface area contributed by atoms with E-state index in [0.29, 0.717) is 5.56 Å². The van der Waals surface area contributed by atoms with Crippen molar-refractivity contribution in [3.63, 3.8) is 0 Å². The van der Waals surface area contributed by atoms with Crippen LogP contribution in [0.2, 0.25) is 0 Å². The van der Waals surface area contributed by atoms with Gasteiger partial charge in [0.15, 0.2) is 0 Å². The molecule has 28 heavy (non-hydrogen) atoms. The molecule has 0 radical (unpaired) electrons. The van der Waals surface area contributed by atoms with Gasteiger partial charge < -0.3 is 0 Å². The zero-order chi connectivity index (χ0) is 20.1. The number of nitro benzene ring substituents is 1. The molecule has 2 aromatic carbocycles. The molecule has 3 aromatic rings. The Bertz CT molecular complexity index is 1020. The first-order chi connectivity index (χ1) is 13.5. The van der Waals surface area contributed by atoms with Crippen LogP contribution in [0.15, 0.2) is 59.7 Å². The summed E-state index contributed by atoms with van der Waals surface area (Å²) in [4.78, 5) is 22.2. The summed E-state index contributed by atoms with van der Waals surface area (Å²) in [7, 11) is 0. The van der Waals surface area contributed by atoms with Crippen LogP contribution < -0.4 is 5.43 Å². The summed E-state index contributed by atoms with van der Waals surface area (Å²) in [6.07, 6.45) is 1.65. The summed E-state index contributed by atoms with van der Waals surface area (Å²) in [5.74, 6) is -0.309. The van der Waals surface area contributed by atoms with Crippen LogP contribution in [-0.4, -0.2) is 26.8 Å². The molecule has 8 heteroatoms. The lowest BCUT2D eigenvalue weighted by Gasteiger charge is -2.03. The molecule has 1 aromatic heterocycles. The van der Waals surface area contributed by atoms with E-state index in [1.54, 1.807) is 18.3 Å². The number of aryl methyl sites for hydroxylation is 1. The van der Waals surface area contributed by atoms with Gasteiger partial charge in [-0.1, -0.05) is 30.3 Å². The molecular formula is C20H19N5O3. The summed E-state index contributed by atoms with van der Waals surface area (Å²) >= 11 is 0. The van der Waals surface area contributed by atoms with E-state index in [2.05, 4.69) is 15.6 Å². The molecule has 0 atom stereocenters. The summed E-state index contributed by atoms with van der Waals surface area (Å²) < 4.78 is 1.83. The Morgan fingerprint density at radius 2 is 1.86 bits per heavy atom. The van der Waals surface area contributed by atoms with Gasteiger partial charge in [0.2, 0.25) is 5.91 Å². The quantitative estimate of drug-likeness (QED) is 0.405. The van der Waals surface area contributed by atoms with Gasteiger partial charge in [-0.2, -0.15) is 10.2 Å². The average molecular weight is 377 g/mol. The largest absolute Gasteiger partial charge is 0.273 e. The fourth-order valence-electron chi connectivity index (χ4n) is 2.79. The SMILES string of the molecule is Cc1nn(-c2ccccc2)c(C)c1C=NNC(=O)Cc1ccc([N+](=O)[O-])cc1. The number of amides is 1. The molecule has 0 unspecified atom stereocenters. The zero-order valence-corrected chi connectivity index (χ0v) is 15.5. The van der Waals surface area contributed by atoms with Gasteiger partial charge in [-0.25, -0.2) is 10.1 Å². The van der Waals surface area contributed by atoms with Gasteiger partial charge in [0.25, 0.3) is 5.69 Å². The minimum absolute atomic E-state index is 0.0106. The van der Waals surface area contributed by atoms with Crippen molar-refractivity contribution in [2.75, 3.05) is 0 Å². The smallest absolute Gasteiger partial charge is 0.269 e. The third kappa shape index (κ3) is 4.29. The molecule has 0 aliphatic rings. The van der Waals surface area contributed by atoms with Gasteiger partial charge in [0, 0.05) is 17.7 Å². The maximum Gasteiger partial charge on any atom is 0.269 e. The van der Waals surface area contributed by atoms with E-state index >= 15 is 0 Å². The van der Waals surface area contributed by atoms with Crippen LogP contribution in [0.1, 0.15) is 22.5 Å². The minimum atomic E-state index is -0.478. The maximum absolute atomic E-state index is 12.0. The van der Waals surface area contributed by atoms with E-state index in [4.69, 9.17) is 0 Å². The van der Waals surface area contributed by atoms with Crippen molar-refractivity contribution in [2.45, 2.75) is 20.3 Å². The molecule has 0 saturated carbocycles. The van der Waals surface area contributed by atoms with Crippen molar-refractivity contribution >= 4 is 17.8 Å². The fourth-order valence-corrected chi connectivity index (χ4v) is 2.79. The van der Waals surface area contributed by atoms with E-state index in [9.17, 15) is 14.9 Å². The Labute approximate surface area is 161 Å². The molecule has 142 valence electrons. The first-order valence-corrected chi connectivity index (χ1v) is 8.62. The lowest BCUT2D eigenvalue weighted by Crippen LogP contribution is -2.19. The number of hydrogen-bond donors (Lipinski definition) is 1. The van der Waals surface area contributed by atoms with Gasteiger partial charge >= 0.3 is 0 Å². The lowest BCUT2D eigenvalue weighted by molar-refractivity contribution is -0.384. The number of benzene rings is 2. The second kappa shape index (κ2) is 8.26. The Morgan fingerprint density at radius 1 is 1.18 bits per heavy atom. The van der Waals surface area contributed by atoms with E-state index in [0.717, 1.165) is 22.6 Å². The summed E-state index contributed by atoms with van der Waals surface area (Å²) in [6.45, 7) is 3.82. The van der Waals surface area contributed by atoms with E-state index in [1.165, 1.54) is 12.1 Å². The van der Waals surface area contributed by atoms with Crippen LogP contribution in [0.4, 0.5) is 5.69 Å². The molecule has 0 saturated heterocycles. The molecular weight excluding hydrogens is 358 g/mol. The number of hydrazone groups is 1. The highest BCUT2D eigenvalue weighted by atomic mass is 16.6. The standard InChI is InChI=1S/C20H19N5O3/c1-14-19(15(2)24(23-14)17-6-4-3-5-7-17)13-21-22-20(26)12-16-8-10-18(11-9-16)25(27)28/h3-11,13H,12H2,1-2H3,(H,22,26). The Balaban J connectivity index is 1.65. The van der Waals surface area contributed by atoms with Crippen LogP contribution in [0, 0.1) is 24.0 Å². The number of carbonyl (C=O) groups is 1. The number of nitrogens with one attached hydrogen (secondary N) is 1. The van der Waals surface area contributed by atoms with Gasteiger partial charge in [0.05, 0.1) is 34.6 Å². The topological polar surface area (TPSA) is 102 Å². The molecule has 3 rings (SSSR count). The molecule has 0 spiro atoms. The van der Waals surface area contributed by atoms with Gasteiger partial charge in [-0.15, -0.1) is 0 Å². The number of aromatic nitrogens is 2. The first-order valence-electron chi connectivity index (χ1n) is 8.62. The third-order valence-corrected chi connectivity index (χ3v) is 4.24. The number of nitro groups is 1. The lowest BCUT2D eigenvalue weighted by atomic mass is 10.1. The Hall–Kier alpha value is -3.81. The average Bonchev–Trinajstić information content (AvgIpc) is 2.97. The van der Waals surface area contributed by atoms with E-state index in [1.807, 2.05) is 48.9 Å². The molecule has 1 heterocycles. The molecule has 1 N–H and O–H groups in total. The zero-order valence-electron chi connectivity index (χ0n) is 15.5. The Morgan fingerprint density at radius 3 is 2.50 bits per heavy atom. The minimum Gasteiger partial charge on any atom is -0.273 e. The third-order valence-electron chi connectivity index (χ3n) is 4.24. The normalized spacial score (nSPS) is 10.9. The van der Waals surface area contributed by atoms with Gasteiger partial charge in [0.1, 0.15) is 0 Å². The number of non-ortho nitro benzene ring substituents is 1. The highest BCUT2D eigenvalue weighted by Gasteiger charge is 2.11. The van der Waals surface area contributed by atoms with E-state index < -0.39 is 4.92 Å². The first kappa shape index (κ1) is 19.0. The molecule has 0 fully saturated rings. The highest BCUT2D eigenvalue weighted by Crippen LogP contribution is 2.16. The van der Waals surface area contributed by atoms with Crippen LogP contribution in [0.5, 0.6) is 0 Å². The molecule has 0 aliphatic carbocycles. The summed E-state index contributed by atoms with van der Waals surface area (Å²) in [5, 5.41) is 19.2. The summed E-state index contributed by atoms with van der Waals surface area (Å²) in [6, 6.07) is 15.6. The van der Waals surface area contributed by atoms with Crippen molar-refractivity contribution in [1.82, 2.24) is 15.2 Å². The van der Waals surface area contributed by atoms with Gasteiger partial charge in [-0.05, 0) is 31.5 Å². The van der Waals surface area contributed by atoms with Crippen molar-refractivity contribution in [2.24, 2.45) is 5.10 Å². The number of para-hydroxylation sites is 1. The van der Waals surface area contributed by atoms with Crippen LogP contribution in [0.3, 0.4) is 0 Å². The van der Waals surface area contributed by atoms with Crippen molar-refractivity contribution in [1.29, 1.82) is 0 Å².